The Labute approximate surface area is 176 Å². The van der Waals surface area contributed by atoms with Gasteiger partial charge < -0.3 is 20.5 Å². The van der Waals surface area contributed by atoms with E-state index in [2.05, 4.69) is 16.7 Å². The van der Waals surface area contributed by atoms with Gasteiger partial charge in [-0.2, -0.15) is 5.26 Å². The van der Waals surface area contributed by atoms with Gasteiger partial charge in [0.1, 0.15) is 11.1 Å². The number of alkyl carbamates (subject to hydrolysis) is 1. The number of carbonyl (C=O) groups excluding carboxylic acids is 2. The van der Waals surface area contributed by atoms with Crippen molar-refractivity contribution in [1.82, 2.24) is 5.32 Å². The Morgan fingerprint density at radius 2 is 2.31 bits per heavy atom. The molecule has 3 rings (SSSR count). The fourth-order valence-electron chi connectivity index (χ4n) is 3.10. The van der Waals surface area contributed by atoms with Crippen LogP contribution in [0.2, 0.25) is 0 Å². The maximum atomic E-state index is 12.2. The first kappa shape index (κ1) is 21.0. The summed E-state index contributed by atoms with van der Waals surface area (Å²) in [7, 11) is 0. The fraction of sp³-hybridized carbons (Fsp3) is 0.350. The van der Waals surface area contributed by atoms with E-state index in [4.69, 9.17) is 9.84 Å². The van der Waals surface area contributed by atoms with Gasteiger partial charge in [0.05, 0.1) is 18.8 Å². The van der Waals surface area contributed by atoms with Gasteiger partial charge in [0.25, 0.3) is 0 Å². The van der Waals surface area contributed by atoms with Gasteiger partial charge in [-0.15, -0.1) is 22.7 Å². The maximum absolute atomic E-state index is 12.2. The summed E-state index contributed by atoms with van der Waals surface area (Å²) in [6.07, 6.45) is 4.88. The Balaban J connectivity index is 1.61. The minimum atomic E-state index is -0.542. The third-order valence-electron chi connectivity index (χ3n) is 4.49. The van der Waals surface area contributed by atoms with Crippen LogP contribution in [0.4, 0.5) is 9.80 Å². The van der Waals surface area contributed by atoms with Crippen LogP contribution >= 0.6 is 22.7 Å². The third kappa shape index (κ3) is 5.67. The molecule has 0 saturated carbocycles. The highest BCUT2D eigenvalue weighted by Crippen LogP contribution is 2.39. The molecule has 1 aliphatic carbocycles. The Morgan fingerprint density at radius 3 is 3.03 bits per heavy atom. The number of hydrogen-bond acceptors (Lipinski definition) is 7. The van der Waals surface area contributed by atoms with Crippen LogP contribution in [0.5, 0.6) is 0 Å². The van der Waals surface area contributed by atoms with Crippen molar-refractivity contribution in [1.29, 1.82) is 5.26 Å². The van der Waals surface area contributed by atoms with E-state index in [9.17, 15) is 14.9 Å². The predicted octanol–water partition coefficient (Wildman–Crippen LogP) is 3.16. The van der Waals surface area contributed by atoms with Gasteiger partial charge >= 0.3 is 6.09 Å². The van der Waals surface area contributed by atoms with E-state index in [1.54, 1.807) is 17.4 Å². The van der Waals surface area contributed by atoms with E-state index in [0.717, 1.165) is 21.7 Å². The lowest BCUT2D eigenvalue weighted by Gasteiger charge is -2.21. The molecule has 1 aliphatic rings. The minimum Gasteiger partial charge on any atom is -0.449 e. The first-order chi connectivity index (χ1) is 14.1. The molecule has 29 heavy (non-hydrogen) atoms. The lowest BCUT2D eigenvalue weighted by Crippen LogP contribution is -2.29. The molecule has 2 aromatic rings. The van der Waals surface area contributed by atoms with E-state index >= 15 is 0 Å². The van der Waals surface area contributed by atoms with Gasteiger partial charge in [0, 0.05) is 22.4 Å². The van der Waals surface area contributed by atoms with Gasteiger partial charge in [-0.3, -0.25) is 4.79 Å². The van der Waals surface area contributed by atoms with E-state index in [1.165, 1.54) is 17.4 Å². The molecule has 0 fully saturated rings. The number of aliphatic hydroxyl groups is 1. The molecule has 1 atom stereocenters. The topological polar surface area (TPSA) is 111 Å². The zero-order valence-corrected chi connectivity index (χ0v) is 17.3. The zero-order chi connectivity index (χ0) is 20.6. The van der Waals surface area contributed by atoms with Gasteiger partial charge in [0.15, 0.2) is 0 Å². The highest BCUT2D eigenvalue weighted by atomic mass is 32.1. The molecule has 9 heteroatoms. The number of carbonyl (C=O) groups is 2. The van der Waals surface area contributed by atoms with Crippen LogP contribution in [0, 0.1) is 17.2 Å². The number of aliphatic hydroxyl groups excluding tert-OH is 1. The van der Waals surface area contributed by atoms with Crippen LogP contribution in [0.25, 0.3) is 6.08 Å². The summed E-state index contributed by atoms with van der Waals surface area (Å²) in [6, 6.07) is 6.06. The van der Waals surface area contributed by atoms with Crippen molar-refractivity contribution in [3.8, 4) is 6.07 Å². The number of fused-ring (bicyclic) bond motifs is 1. The minimum absolute atomic E-state index is 0.134. The van der Waals surface area contributed by atoms with Crippen molar-refractivity contribution >= 4 is 45.8 Å². The first-order valence-corrected chi connectivity index (χ1v) is 10.9. The molecule has 1 unspecified atom stereocenters. The molecule has 3 N–H and O–H groups in total. The second-order valence-electron chi connectivity index (χ2n) is 6.52. The van der Waals surface area contributed by atoms with Gasteiger partial charge in [-0.25, -0.2) is 4.79 Å². The Hall–Kier alpha value is -2.67. The molecule has 7 nitrogen and oxygen atoms in total. The average Bonchev–Trinajstić information content (AvgIpc) is 3.35. The summed E-state index contributed by atoms with van der Waals surface area (Å²) >= 11 is 2.96. The summed E-state index contributed by atoms with van der Waals surface area (Å²) in [4.78, 5) is 25.8. The largest absolute Gasteiger partial charge is 0.449 e. The number of nitrogens with one attached hydrogen (secondary N) is 2. The number of anilines is 1. The number of nitrogens with zero attached hydrogens (tertiary/aromatic N) is 1. The molecular formula is C20H21N3O4S2. The average molecular weight is 432 g/mol. The Bertz CT molecular complexity index is 928. The van der Waals surface area contributed by atoms with Gasteiger partial charge in [-0.05, 0) is 48.3 Å². The van der Waals surface area contributed by atoms with Crippen LogP contribution in [0.15, 0.2) is 23.6 Å². The fourth-order valence-corrected chi connectivity index (χ4v) is 5.04. The van der Waals surface area contributed by atoms with Crippen molar-refractivity contribution in [3.05, 3.63) is 44.5 Å². The lowest BCUT2D eigenvalue weighted by molar-refractivity contribution is -0.111. The second-order valence-corrected chi connectivity index (χ2v) is 8.60. The van der Waals surface area contributed by atoms with Gasteiger partial charge in [-0.1, -0.05) is 6.07 Å². The van der Waals surface area contributed by atoms with Crippen LogP contribution in [0.3, 0.4) is 0 Å². The molecule has 0 radical (unpaired) electrons. The van der Waals surface area contributed by atoms with Crippen LogP contribution in [-0.2, 0) is 22.4 Å². The monoisotopic (exact) mass is 431 g/mol. The summed E-state index contributed by atoms with van der Waals surface area (Å²) < 4.78 is 5.19. The van der Waals surface area contributed by atoms with E-state index in [0.29, 0.717) is 23.4 Å². The maximum Gasteiger partial charge on any atom is 0.407 e. The molecule has 0 bridgehead atoms. The molecule has 0 saturated heterocycles. The number of nitriles is 1. The zero-order valence-electron chi connectivity index (χ0n) is 15.6. The van der Waals surface area contributed by atoms with E-state index < -0.39 is 6.09 Å². The number of thiophene rings is 2. The van der Waals surface area contributed by atoms with Crippen molar-refractivity contribution in [2.45, 2.75) is 19.3 Å². The van der Waals surface area contributed by atoms with E-state index in [-0.39, 0.29) is 31.6 Å². The molecule has 2 aromatic heterocycles. The highest BCUT2D eigenvalue weighted by molar-refractivity contribution is 7.16. The summed E-state index contributed by atoms with van der Waals surface area (Å²) in [6.45, 7) is 0.306. The van der Waals surface area contributed by atoms with Gasteiger partial charge in [0.2, 0.25) is 5.91 Å². The number of ether oxygens (including phenoxy) is 1. The van der Waals surface area contributed by atoms with Crippen molar-refractivity contribution < 1.29 is 19.4 Å². The SMILES string of the molecule is N#Cc1c(NC(=O)/C=C/c2cccs2)sc2c1CCC(COC(=O)NCCO)C2. The van der Waals surface area contributed by atoms with Crippen molar-refractivity contribution in [2.75, 3.05) is 25.1 Å². The summed E-state index contributed by atoms with van der Waals surface area (Å²) in [5.41, 5.74) is 1.51. The third-order valence-corrected chi connectivity index (χ3v) is 6.50. The molecular weight excluding hydrogens is 410 g/mol. The summed E-state index contributed by atoms with van der Waals surface area (Å²) in [5.74, 6) is -0.108. The Kier molecular flexibility index (Phi) is 7.41. The van der Waals surface area contributed by atoms with Crippen LogP contribution < -0.4 is 10.6 Å². The first-order valence-electron chi connectivity index (χ1n) is 9.19. The van der Waals surface area contributed by atoms with Crippen molar-refractivity contribution in [2.24, 2.45) is 5.92 Å². The quantitative estimate of drug-likeness (QED) is 0.583. The normalized spacial score (nSPS) is 15.5. The molecule has 0 spiro atoms. The second kappa shape index (κ2) is 10.2. The predicted molar refractivity (Wildman–Crippen MR) is 113 cm³/mol. The number of hydrogen-bond donors (Lipinski definition) is 3. The smallest absolute Gasteiger partial charge is 0.407 e. The molecule has 152 valence electrons. The number of rotatable bonds is 7. The van der Waals surface area contributed by atoms with Crippen LogP contribution in [-0.4, -0.2) is 36.9 Å². The van der Waals surface area contributed by atoms with E-state index in [1.807, 2.05) is 17.5 Å². The van der Waals surface area contributed by atoms with Crippen molar-refractivity contribution in [3.63, 3.8) is 0 Å². The summed E-state index contributed by atoms with van der Waals surface area (Å²) in [5, 5.41) is 26.1. The Morgan fingerprint density at radius 1 is 1.45 bits per heavy atom. The van der Waals surface area contributed by atoms with Crippen LogP contribution in [0.1, 0.15) is 27.3 Å². The number of amides is 2. The standard InChI is InChI=1S/C20H21N3O4S2/c21-11-16-15-5-3-13(12-27-20(26)22-7-8-24)10-17(15)29-19(16)23-18(25)6-4-14-2-1-9-28-14/h1-2,4,6,9,13,24H,3,5,7-8,10,12H2,(H,22,26)(H,23,25)/b6-4+. The molecule has 2 heterocycles. The highest BCUT2D eigenvalue weighted by Gasteiger charge is 2.27. The molecule has 0 aromatic carbocycles. The molecule has 2 amide bonds. The molecule has 0 aliphatic heterocycles. The lowest BCUT2D eigenvalue weighted by atomic mass is 9.88.